The lowest BCUT2D eigenvalue weighted by Crippen LogP contribution is -2.32. The van der Waals surface area contributed by atoms with Crippen molar-refractivity contribution in [3.8, 4) is 0 Å². The summed E-state index contributed by atoms with van der Waals surface area (Å²) >= 11 is 3.51. The second kappa shape index (κ2) is 5.64. The first kappa shape index (κ1) is 12.7. The molecule has 3 N–H and O–H groups in total. The van der Waals surface area contributed by atoms with Crippen molar-refractivity contribution in [2.75, 3.05) is 0 Å². The van der Waals surface area contributed by atoms with E-state index in [1.807, 2.05) is 25.1 Å². The second-order valence-corrected chi connectivity index (χ2v) is 4.94. The zero-order valence-electron chi connectivity index (χ0n) is 9.15. The van der Waals surface area contributed by atoms with Gasteiger partial charge in [0.25, 0.3) is 0 Å². The van der Waals surface area contributed by atoms with Gasteiger partial charge < -0.3 is 10.8 Å². The molecule has 1 aromatic rings. The average molecular weight is 272 g/mol. The van der Waals surface area contributed by atoms with Crippen LogP contribution in [0.25, 0.3) is 0 Å². The SMILES string of the molecule is CC(CC(O)C(C)N)c1ccccc1Br. The number of aliphatic hydroxyl groups is 1. The first-order valence-corrected chi connectivity index (χ1v) is 5.99. The van der Waals surface area contributed by atoms with Crippen molar-refractivity contribution >= 4 is 15.9 Å². The molecule has 3 atom stereocenters. The molecule has 0 saturated heterocycles. The Kier molecular flexibility index (Phi) is 4.77. The van der Waals surface area contributed by atoms with Crippen LogP contribution in [0.1, 0.15) is 31.7 Å². The highest BCUT2D eigenvalue weighted by molar-refractivity contribution is 9.10. The summed E-state index contributed by atoms with van der Waals surface area (Å²) in [5, 5.41) is 9.71. The van der Waals surface area contributed by atoms with Gasteiger partial charge in [-0.05, 0) is 30.9 Å². The topological polar surface area (TPSA) is 46.2 Å². The number of benzene rings is 1. The Bertz CT molecular complexity index is 314. The lowest BCUT2D eigenvalue weighted by Gasteiger charge is -2.20. The molecule has 0 aromatic heterocycles. The van der Waals surface area contributed by atoms with Crippen molar-refractivity contribution in [3.63, 3.8) is 0 Å². The zero-order chi connectivity index (χ0) is 11.4. The highest BCUT2D eigenvalue weighted by Crippen LogP contribution is 2.28. The molecule has 0 spiro atoms. The van der Waals surface area contributed by atoms with Gasteiger partial charge in [0.2, 0.25) is 0 Å². The number of rotatable bonds is 4. The Morgan fingerprint density at radius 1 is 1.33 bits per heavy atom. The van der Waals surface area contributed by atoms with Gasteiger partial charge in [0.15, 0.2) is 0 Å². The molecule has 0 bridgehead atoms. The summed E-state index contributed by atoms with van der Waals surface area (Å²) in [6.07, 6.45) is 0.257. The zero-order valence-corrected chi connectivity index (χ0v) is 10.7. The Morgan fingerprint density at radius 2 is 1.93 bits per heavy atom. The Morgan fingerprint density at radius 3 is 2.47 bits per heavy atom. The number of aliphatic hydroxyl groups excluding tert-OH is 1. The first-order valence-electron chi connectivity index (χ1n) is 5.20. The third-order valence-electron chi connectivity index (χ3n) is 2.64. The molecule has 15 heavy (non-hydrogen) atoms. The summed E-state index contributed by atoms with van der Waals surface area (Å²) in [6.45, 7) is 3.93. The van der Waals surface area contributed by atoms with E-state index in [2.05, 4.69) is 28.9 Å². The van der Waals surface area contributed by atoms with Gasteiger partial charge in [-0.2, -0.15) is 0 Å². The molecule has 2 nitrogen and oxygen atoms in total. The molecule has 1 aromatic carbocycles. The van der Waals surface area contributed by atoms with Crippen LogP contribution >= 0.6 is 15.9 Å². The van der Waals surface area contributed by atoms with Crippen LogP contribution < -0.4 is 5.73 Å². The van der Waals surface area contributed by atoms with Crippen molar-refractivity contribution in [2.24, 2.45) is 5.73 Å². The van der Waals surface area contributed by atoms with Crippen LogP contribution in [0.5, 0.6) is 0 Å². The molecule has 3 unspecified atom stereocenters. The fourth-order valence-corrected chi connectivity index (χ4v) is 2.25. The normalized spacial score (nSPS) is 17.1. The second-order valence-electron chi connectivity index (χ2n) is 4.08. The molecule has 84 valence electrons. The molecule has 0 amide bonds. The molecular formula is C12H18BrNO. The Hall–Kier alpha value is -0.380. The fraction of sp³-hybridized carbons (Fsp3) is 0.500. The van der Waals surface area contributed by atoms with Crippen LogP contribution in [0, 0.1) is 0 Å². The smallest absolute Gasteiger partial charge is 0.0694 e. The number of hydrogen-bond acceptors (Lipinski definition) is 2. The summed E-state index contributed by atoms with van der Waals surface area (Å²) in [7, 11) is 0. The third-order valence-corrected chi connectivity index (χ3v) is 3.36. The van der Waals surface area contributed by atoms with Crippen LogP contribution in [0.4, 0.5) is 0 Å². The van der Waals surface area contributed by atoms with E-state index >= 15 is 0 Å². The van der Waals surface area contributed by atoms with Gasteiger partial charge in [-0.1, -0.05) is 41.1 Å². The van der Waals surface area contributed by atoms with E-state index in [9.17, 15) is 5.11 Å². The third kappa shape index (κ3) is 3.59. The largest absolute Gasteiger partial charge is 0.392 e. The van der Waals surface area contributed by atoms with Crippen molar-refractivity contribution in [3.05, 3.63) is 34.3 Å². The van der Waals surface area contributed by atoms with Gasteiger partial charge >= 0.3 is 0 Å². The minimum atomic E-state index is -0.438. The van der Waals surface area contributed by atoms with Gasteiger partial charge in [-0.15, -0.1) is 0 Å². The minimum Gasteiger partial charge on any atom is -0.392 e. The molecule has 0 heterocycles. The monoisotopic (exact) mass is 271 g/mol. The van der Waals surface area contributed by atoms with E-state index in [-0.39, 0.29) is 6.04 Å². The number of nitrogens with two attached hydrogens (primary N) is 1. The quantitative estimate of drug-likeness (QED) is 0.885. The van der Waals surface area contributed by atoms with E-state index in [1.54, 1.807) is 0 Å². The standard InChI is InChI=1S/C12H18BrNO/c1-8(7-12(15)9(2)14)10-5-3-4-6-11(10)13/h3-6,8-9,12,15H,7,14H2,1-2H3. The first-order chi connectivity index (χ1) is 7.02. The molecule has 0 aliphatic heterocycles. The van der Waals surface area contributed by atoms with Crippen LogP contribution in [0.15, 0.2) is 28.7 Å². The number of halogens is 1. The summed E-state index contributed by atoms with van der Waals surface area (Å²) in [6, 6.07) is 7.92. The van der Waals surface area contributed by atoms with E-state index in [4.69, 9.17) is 5.73 Å². The lowest BCUT2D eigenvalue weighted by atomic mass is 9.93. The van der Waals surface area contributed by atoms with Gasteiger partial charge in [0, 0.05) is 10.5 Å². The predicted molar refractivity (Wildman–Crippen MR) is 66.8 cm³/mol. The fourth-order valence-electron chi connectivity index (χ4n) is 1.58. The summed E-state index contributed by atoms with van der Waals surface area (Å²) in [5.74, 6) is 0.307. The molecule has 0 aliphatic carbocycles. The van der Waals surface area contributed by atoms with Crippen LogP contribution in [-0.4, -0.2) is 17.3 Å². The van der Waals surface area contributed by atoms with E-state index in [0.717, 1.165) is 4.47 Å². The van der Waals surface area contributed by atoms with Crippen LogP contribution in [0.2, 0.25) is 0 Å². The Balaban J connectivity index is 2.69. The van der Waals surface area contributed by atoms with Gasteiger partial charge in [-0.25, -0.2) is 0 Å². The predicted octanol–water partition coefficient (Wildman–Crippen LogP) is 2.65. The van der Waals surface area contributed by atoms with Crippen molar-refractivity contribution in [1.29, 1.82) is 0 Å². The lowest BCUT2D eigenvalue weighted by molar-refractivity contribution is 0.134. The molecule has 0 radical (unpaired) electrons. The molecule has 1 rings (SSSR count). The number of hydrogen-bond donors (Lipinski definition) is 2. The van der Waals surface area contributed by atoms with Crippen molar-refractivity contribution in [1.82, 2.24) is 0 Å². The maximum atomic E-state index is 9.71. The van der Waals surface area contributed by atoms with Gasteiger partial charge in [0.05, 0.1) is 6.10 Å². The van der Waals surface area contributed by atoms with E-state index in [0.29, 0.717) is 12.3 Å². The van der Waals surface area contributed by atoms with Gasteiger partial charge in [-0.3, -0.25) is 0 Å². The minimum absolute atomic E-state index is 0.171. The van der Waals surface area contributed by atoms with Crippen LogP contribution in [-0.2, 0) is 0 Å². The molecular weight excluding hydrogens is 254 g/mol. The van der Waals surface area contributed by atoms with Crippen molar-refractivity contribution in [2.45, 2.75) is 38.3 Å². The average Bonchev–Trinajstić information content (AvgIpc) is 2.18. The molecule has 0 fully saturated rings. The van der Waals surface area contributed by atoms with Crippen LogP contribution in [0.3, 0.4) is 0 Å². The van der Waals surface area contributed by atoms with E-state index in [1.165, 1.54) is 5.56 Å². The summed E-state index contributed by atoms with van der Waals surface area (Å²) < 4.78 is 1.09. The summed E-state index contributed by atoms with van der Waals surface area (Å²) in [5.41, 5.74) is 6.86. The summed E-state index contributed by atoms with van der Waals surface area (Å²) in [4.78, 5) is 0. The maximum Gasteiger partial charge on any atom is 0.0694 e. The highest BCUT2D eigenvalue weighted by Gasteiger charge is 2.16. The van der Waals surface area contributed by atoms with Gasteiger partial charge in [0.1, 0.15) is 0 Å². The molecule has 0 aliphatic rings. The maximum absolute atomic E-state index is 9.71. The van der Waals surface area contributed by atoms with Crippen molar-refractivity contribution < 1.29 is 5.11 Å². The molecule has 3 heteroatoms. The Labute approximate surface area is 99.6 Å². The van der Waals surface area contributed by atoms with E-state index < -0.39 is 6.10 Å². The molecule has 0 saturated carbocycles. The highest BCUT2D eigenvalue weighted by atomic mass is 79.9.